The van der Waals surface area contributed by atoms with Crippen molar-refractivity contribution in [1.29, 1.82) is 0 Å². The molecule has 0 aromatic heterocycles. The smallest absolute Gasteiger partial charge is 0.305 e. The monoisotopic (exact) mass is 427 g/mol. The van der Waals surface area contributed by atoms with Crippen LogP contribution in [0.3, 0.4) is 0 Å². The van der Waals surface area contributed by atoms with Crippen molar-refractivity contribution in [3.05, 3.63) is 0 Å². The van der Waals surface area contributed by atoms with Gasteiger partial charge < -0.3 is 14.4 Å². The summed E-state index contributed by atoms with van der Waals surface area (Å²) in [4.78, 5) is 36.7. The minimum absolute atomic E-state index is 0.129. The molecular weight excluding hydrogens is 382 g/mol. The molecule has 1 amide bonds. The number of unbranched alkanes of at least 4 members (excludes halogenated alkanes) is 9. The minimum Gasteiger partial charge on any atom is -0.466 e. The van der Waals surface area contributed by atoms with Crippen molar-refractivity contribution in [3.8, 4) is 0 Å². The van der Waals surface area contributed by atoms with Gasteiger partial charge in [0.15, 0.2) is 0 Å². The molecule has 0 N–H and O–H groups in total. The molecule has 0 heterocycles. The zero-order valence-corrected chi connectivity index (χ0v) is 19.7. The highest BCUT2D eigenvalue weighted by Crippen LogP contribution is 2.08. The maximum atomic E-state index is 11.7. The lowest BCUT2D eigenvalue weighted by Gasteiger charge is -2.13. The standard InChI is InChI=1S/C24H45NO5/c1-4-6-7-9-13-18-23(27)30-21-16-14-19-24(28)29-20-15-11-8-10-12-17-22(26)25(3)5-2/h4-21H2,1-3H3. The highest BCUT2D eigenvalue weighted by molar-refractivity contribution is 5.75. The van der Waals surface area contributed by atoms with Gasteiger partial charge in [-0.1, -0.05) is 51.9 Å². The predicted octanol–water partition coefficient (Wildman–Crippen LogP) is 5.42. The maximum absolute atomic E-state index is 11.7. The Morgan fingerprint density at radius 3 is 1.60 bits per heavy atom. The molecule has 0 bridgehead atoms. The summed E-state index contributed by atoms with van der Waals surface area (Å²) in [6, 6.07) is 0. The Kier molecular flexibility index (Phi) is 19.6. The van der Waals surface area contributed by atoms with Gasteiger partial charge in [0.25, 0.3) is 0 Å². The van der Waals surface area contributed by atoms with Gasteiger partial charge in [0.05, 0.1) is 13.2 Å². The summed E-state index contributed by atoms with van der Waals surface area (Å²) in [7, 11) is 1.83. The molecule has 0 aliphatic carbocycles. The SMILES string of the molecule is CCCCCCCC(=O)OCCCCC(=O)OCCCCCCCC(=O)N(C)CC. The molecule has 6 nitrogen and oxygen atoms in total. The molecule has 0 saturated carbocycles. The molecule has 0 rings (SSSR count). The van der Waals surface area contributed by atoms with Gasteiger partial charge in [-0.25, -0.2) is 0 Å². The zero-order valence-electron chi connectivity index (χ0n) is 19.7. The Bertz CT molecular complexity index is 453. The average molecular weight is 428 g/mol. The second-order valence-corrected chi connectivity index (χ2v) is 7.99. The summed E-state index contributed by atoms with van der Waals surface area (Å²) < 4.78 is 10.4. The van der Waals surface area contributed by atoms with Gasteiger partial charge in [-0.2, -0.15) is 0 Å². The summed E-state index contributed by atoms with van der Waals surface area (Å²) in [5, 5.41) is 0. The highest BCUT2D eigenvalue weighted by atomic mass is 16.5. The van der Waals surface area contributed by atoms with Crippen LogP contribution in [-0.2, 0) is 23.9 Å². The number of esters is 2. The van der Waals surface area contributed by atoms with Crippen LogP contribution >= 0.6 is 0 Å². The largest absolute Gasteiger partial charge is 0.466 e. The molecule has 0 unspecified atom stereocenters. The van der Waals surface area contributed by atoms with E-state index in [-0.39, 0.29) is 17.8 Å². The van der Waals surface area contributed by atoms with E-state index in [0.717, 1.165) is 51.5 Å². The third kappa shape index (κ3) is 18.4. The first-order chi connectivity index (χ1) is 14.5. The Morgan fingerprint density at radius 2 is 1.03 bits per heavy atom. The van der Waals surface area contributed by atoms with Crippen LogP contribution in [0.5, 0.6) is 0 Å². The summed E-state index contributed by atoms with van der Waals surface area (Å²) in [5.41, 5.74) is 0. The van der Waals surface area contributed by atoms with Crippen LogP contribution in [-0.4, -0.2) is 49.6 Å². The van der Waals surface area contributed by atoms with Crippen LogP contribution < -0.4 is 0 Å². The van der Waals surface area contributed by atoms with Crippen molar-refractivity contribution in [3.63, 3.8) is 0 Å². The lowest BCUT2D eigenvalue weighted by Crippen LogP contribution is -2.25. The highest BCUT2D eigenvalue weighted by Gasteiger charge is 2.06. The molecule has 30 heavy (non-hydrogen) atoms. The number of nitrogens with zero attached hydrogens (tertiary/aromatic N) is 1. The van der Waals surface area contributed by atoms with Gasteiger partial charge in [-0.3, -0.25) is 14.4 Å². The Balaban J connectivity index is 3.38. The molecule has 0 aliphatic rings. The van der Waals surface area contributed by atoms with E-state index in [0.29, 0.717) is 45.3 Å². The van der Waals surface area contributed by atoms with E-state index in [9.17, 15) is 14.4 Å². The normalized spacial score (nSPS) is 10.6. The van der Waals surface area contributed by atoms with E-state index in [2.05, 4.69) is 6.92 Å². The summed E-state index contributed by atoms with van der Waals surface area (Å²) in [6.07, 6.45) is 13.4. The minimum atomic E-state index is -0.176. The lowest BCUT2D eigenvalue weighted by atomic mass is 10.1. The van der Waals surface area contributed by atoms with Gasteiger partial charge in [0, 0.05) is 32.9 Å². The van der Waals surface area contributed by atoms with E-state index in [4.69, 9.17) is 9.47 Å². The first kappa shape index (κ1) is 28.4. The van der Waals surface area contributed by atoms with Gasteiger partial charge in [0.2, 0.25) is 5.91 Å². The fourth-order valence-electron chi connectivity index (χ4n) is 3.04. The molecule has 0 spiro atoms. The van der Waals surface area contributed by atoms with Crippen molar-refractivity contribution in [2.75, 3.05) is 26.8 Å². The molecule has 0 saturated heterocycles. The quantitative estimate of drug-likeness (QED) is 0.191. The van der Waals surface area contributed by atoms with E-state index in [1.807, 2.05) is 14.0 Å². The number of ether oxygens (including phenoxy) is 2. The fourth-order valence-corrected chi connectivity index (χ4v) is 3.04. The van der Waals surface area contributed by atoms with Crippen molar-refractivity contribution in [2.45, 2.75) is 110 Å². The lowest BCUT2D eigenvalue weighted by molar-refractivity contribution is -0.144. The first-order valence-electron chi connectivity index (χ1n) is 12.1. The third-order valence-corrected chi connectivity index (χ3v) is 5.22. The van der Waals surface area contributed by atoms with Crippen LogP contribution in [0.25, 0.3) is 0 Å². The number of rotatable bonds is 20. The molecule has 0 fully saturated rings. The van der Waals surface area contributed by atoms with Crippen LogP contribution in [0.15, 0.2) is 0 Å². The van der Waals surface area contributed by atoms with Gasteiger partial charge in [-0.15, -0.1) is 0 Å². The molecule has 0 atom stereocenters. The molecule has 0 radical (unpaired) electrons. The molecule has 0 aliphatic heterocycles. The average Bonchev–Trinajstić information content (AvgIpc) is 2.74. The Labute approximate surface area is 184 Å². The maximum Gasteiger partial charge on any atom is 0.305 e. The zero-order chi connectivity index (χ0) is 22.5. The fraction of sp³-hybridized carbons (Fsp3) is 0.875. The van der Waals surface area contributed by atoms with E-state index < -0.39 is 0 Å². The summed E-state index contributed by atoms with van der Waals surface area (Å²) in [5.74, 6) is -0.0927. The number of amides is 1. The van der Waals surface area contributed by atoms with Crippen molar-refractivity contribution < 1.29 is 23.9 Å². The van der Waals surface area contributed by atoms with Crippen molar-refractivity contribution in [2.24, 2.45) is 0 Å². The van der Waals surface area contributed by atoms with Gasteiger partial charge >= 0.3 is 11.9 Å². The van der Waals surface area contributed by atoms with E-state index >= 15 is 0 Å². The number of carbonyl (C=O) groups is 3. The van der Waals surface area contributed by atoms with Crippen LogP contribution in [0, 0.1) is 0 Å². The van der Waals surface area contributed by atoms with Crippen molar-refractivity contribution in [1.82, 2.24) is 4.90 Å². The molecule has 6 heteroatoms. The number of hydrogen-bond donors (Lipinski definition) is 0. The van der Waals surface area contributed by atoms with Crippen LogP contribution in [0.1, 0.15) is 110 Å². The summed E-state index contributed by atoms with van der Waals surface area (Å²) in [6.45, 7) is 5.76. The first-order valence-corrected chi connectivity index (χ1v) is 12.1. The predicted molar refractivity (Wildman–Crippen MR) is 120 cm³/mol. The molecule has 0 aromatic rings. The molecule has 176 valence electrons. The van der Waals surface area contributed by atoms with Gasteiger partial charge in [0.1, 0.15) is 0 Å². The number of hydrogen-bond acceptors (Lipinski definition) is 5. The van der Waals surface area contributed by atoms with Crippen molar-refractivity contribution >= 4 is 17.8 Å². The molecular formula is C24H45NO5. The Morgan fingerprint density at radius 1 is 0.600 bits per heavy atom. The molecule has 0 aromatic carbocycles. The van der Waals surface area contributed by atoms with Crippen LogP contribution in [0.2, 0.25) is 0 Å². The van der Waals surface area contributed by atoms with E-state index in [1.165, 1.54) is 19.3 Å². The van der Waals surface area contributed by atoms with E-state index in [1.54, 1.807) is 4.90 Å². The number of carbonyl (C=O) groups excluding carboxylic acids is 3. The van der Waals surface area contributed by atoms with Gasteiger partial charge in [-0.05, 0) is 39.0 Å². The topological polar surface area (TPSA) is 72.9 Å². The summed E-state index contributed by atoms with van der Waals surface area (Å²) >= 11 is 0. The Hall–Kier alpha value is -1.59. The third-order valence-electron chi connectivity index (χ3n) is 5.22. The second kappa shape index (κ2) is 20.7. The second-order valence-electron chi connectivity index (χ2n) is 7.99. The van der Waals surface area contributed by atoms with Crippen LogP contribution in [0.4, 0.5) is 0 Å².